The Morgan fingerprint density at radius 2 is 2.24 bits per heavy atom. The fourth-order valence-corrected chi connectivity index (χ4v) is 1.51. The molecule has 90 valence electrons. The first kappa shape index (κ1) is 11.6. The number of unbranched alkanes of at least 4 members (excludes halogenated alkanes) is 1. The molecule has 1 aromatic heterocycles. The maximum atomic E-state index is 13.5. The van der Waals surface area contributed by atoms with Gasteiger partial charge in [0.15, 0.2) is 5.82 Å². The van der Waals surface area contributed by atoms with Gasteiger partial charge in [0.05, 0.1) is 5.56 Å². The maximum Gasteiger partial charge on any atom is 0.260 e. The molecular formula is C12H14FN3O. The van der Waals surface area contributed by atoms with Crippen LogP contribution in [-0.4, -0.2) is 10.1 Å². The molecule has 4 nitrogen and oxygen atoms in total. The Bertz CT molecular complexity index is 510. The summed E-state index contributed by atoms with van der Waals surface area (Å²) in [5, 5.41) is 3.81. The number of nitrogen functional groups attached to an aromatic ring is 1. The number of halogens is 1. The van der Waals surface area contributed by atoms with Gasteiger partial charge in [-0.3, -0.25) is 0 Å². The summed E-state index contributed by atoms with van der Waals surface area (Å²) in [5.41, 5.74) is 6.31. The number of benzene rings is 1. The molecule has 5 heteroatoms. The highest BCUT2D eigenvalue weighted by Crippen LogP contribution is 2.23. The molecule has 0 fully saturated rings. The van der Waals surface area contributed by atoms with Crippen LogP contribution >= 0.6 is 0 Å². The van der Waals surface area contributed by atoms with E-state index in [0.717, 1.165) is 19.3 Å². The summed E-state index contributed by atoms with van der Waals surface area (Å²) < 4.78 is 18.6. The van der Waals surface area contributed by atoms with E-state index in [0.29, 0.717) is 11.5 Å². The average molecular weight is 235 g/mol. The quantitative estimate of drug-likeness (QED) is 0.827. The predicted molar refractivity (Wildman–Crippen MR) is 62.7 cm³/mol. The molecule has 0 saturated heterocycles. The number of anilines is 1. The summed E-state index contributed by atoms with van der Waals surface area (Å²) in [4.78, 5) is 4.15. The van der Waals surface area contributed by atoms with Crippen LogP contribution in [0.15, 0.2) is 22.7 Å². The number of nitrogens with zero attached hydrogens (tertiary/aromatic N) is 2. The van der Waals surface area contributed by atoms with Gasteiger partial charge in [-0.25, -0.2) is 4.39 Å². The van der Waals surface area contributed by atoms with Gasteiger partial charge in [-0.2, -0.15) is 4.98 Å². The third kappa shape index (κ3) is 2.61. The van der Waals surface area contributed by atoms with Crippen LogP contribution in [0.4, 0.5) is 10.1 Å². The van der Waals surface area contributed by atoms with Gasteiger partial charge in [0.2, 0.25) is 0 Å². The van der Waals surface area contributed by atoms with E-state index in [1.54, 1.807) is 0 Å². The Kier molecular flexibility index (Phi) is 3.37. The van der Waals surface area contributed by atoms with Crippen LogP contribution in [-0.2, 0) is 6.42 Å². The first-order chi connectivity index (χ1) is 8.20. The normalized spacial score (nSPS) is 10.7. The summed E-state index contributed by atoms with van der Waals surface area (Å²) >= 11 is 0. The van der Waals surface area contributed by atoms with Gasteiger partial charge < -0.3 is 10.3 Å². The van der Waals surface area contributed by atoms with E-state index in [1.807, 2.05) is 0 Å². The lowest BCUT2D eigenvalue weighted by Crippen LogP contribution is -1.91. The molecule has 0 saturated carbocycles. The molecule has 2 N–H and O–H groups in total. The van der Waals surface area contributed by atoms with Crippen LogP contribution in [0.2, 0.25) is 0 Å². The fourth-order valence-electron chi connectivity index (χ4n) is 1.51. The summed E-state index contributed by atoms with van der Waals surface area (Å²) in [6.07, 6.45) is 2.78. The molecular weight excluding hydrogens is 221 g/mol. The largest absolute Gasteiger partial charge is 0.399 e. The molecule has 1 heterocycles. The number of hydrogen-bond acceptors (Lipinski definition) is 4. The van der Waals surface area contributed by atoms with E-state index in [1.165, 1.54) is 18.2 Å². The second-order valence-electron chi connectivity index (χ2n) is 3.86. The van der Waals surface area contributed by atoms with Crippen LogP contribution in [0.5, 0.6) is 0 Å². The fraction of sp³-hybridized carbons (Fsp3) is 0.333. The Morgan fingerprint density at radius 1 is 1.41 bits per heavy atom. The van der Waals surface area contributed by atoms with Crippen molar-refractivity contribution in [1.29, 1.82) is 0 Å². The van der Waals surface area contributed by atoms with Crippen molar-refractivity contribution in [2.45, 2.75) is 26.2 Å². The van der Waals surface area contributed by atoms with Crippen molar-refractivity contribution < 1.29 is 8.91 Å². The minimum absolute atomic E-state index is 0.181. The molecule has 2 aromatic rings. The van der Waals surface area contributed by atoms with Gasteiger partial charge in [0, 0.05) is 12.1 Å². The third-order valence-electron chi connectivity index (χ3n) is 2.44. The van der Waals surface area contributed by atoms with Crippen molar-refractivity contribution in [3.8, 4) is 11.5 Å². The summed E-state index contributed by atoms with van der Waals surface area (Å²) in [6.45, 7) is 2.08. The van der Waals surface area contributed by atoms with Crippen molar-refractivity contribution in [1.82, 2.24) is 10.1 Å². The number of aromatic nitrogens is 2. The van der Waals surface area contributed by atoms with Crippen molar-refractivity contribution in [3.63, 3.8) is 0 Å². The number of aryl methyl sites for hydroxylation is 1. The van der Waals surface area contributed by atoms with E-state index >= 15 is 0 Å². The standard InChI is InChI=1S/C12H14FN3O/c1-2-3-4-11-15-12(17-16-11)9-7-8(14)5-6-10(9)13/h5-7H,2-4,14H2,1H3. The van der Waals surface area contributed by atoms with Crippen LogP contribution in [0.3, 0.4) is 0 Å². The Balaban J connectivity index is 2.27. The van der Waals surface area contributed by atoms with Gasteiger partial charge in [-0.15, -0.1) is 0 Å². The Hall–Kier alpha value is -1.91. The van der Waals surface area contributed by atoms with E-state index in [-0.39, 0.29) is 11.5 Å². The molecule has 0 spiro atoms. The second-order valence-corrected chi connectivity index (χ2v) is 3.86. The van der Waals surface area contributed by atoms with Crippen LogP contribution < -0.4 is 5.73 Å². The molecule has 0 atom stereocenters. The maximum absolute atomic E-state index is 13.5. The minimum Gasteiger partial charge on any atom is -0.399 e. The molecule has 0 amide bonds. The summed E-state index contributed by atoms with van der Waals surface area (Å²) in [7, 11) is 0. The van der Waals surface area contributed by atoms with E-state index in [9.17, 15) is 4.39 Å². The zero-order valence-corrected chi connectivity index (χ0v) is 9.61. The van der Waals surface area contributed by atoms with Crippen LogP contribution in [0.1, 0.15) is 25.6 Å². The molecule has 0 radical (unpaired) electrons. The van der Waals surface area contributed by atoms with Crippen molar-refractivity contribution in [3.05, 3.63) is 29.8 Å². The first-order valence-electron chi connectivity index (χ1n) is 5.58. The first-order valence-corrected chi connectivity index (χ1v) is 5.58. The van der Waals surface area contributed by atoms with E-state index in [2.05, 4.69) is 17.1 Å². The molecule has 0 aliphatic carbocycles. The molecule has 17 heavy (non-hydrogen) atoms. The zero-order chi connectivity index (χ0) is 12.3. The van der Waals surface area contributed by atoms with Crippen molar-refractivity contribution >= 4 is 5.69 Å². The second kappa shape index (κ2) is 4.95. The van der Waals surface area contributed by atoms with Gasteiger partial charge in [-0.05, 0) is 24.6 Å². The lowest BCUT2D eigenvalue weighted by molar-refractivity contribution is 0.419. The number of hydrogen-bond donors (Lipinski definition) is 1. The number of rotatable bonds is 4. The third-order valence-corrected chi connectivity index (χ3v) is 2.44. The molecule has 0 bridgehead atoms. The predicted octanol–water partition coefficient (Wildman–Crippen LogP) is 2.80. The summed E-state index contributed by atoms with van der Waals surface area (Å²) in [5.74, 6) is 0.370. The van der Waals surface area contributed by atoms with Gasteiger partial charge >= 0.3 is 0 Å². The molecule has 0 unspecified atom stereocenters. The Morgan fingerprint density at radius 3 is 3.00 bits per heavy atom. The lowest BCUT2D eigenvalue weighted by Gasteiger charge is -1.98. The average Bonchev–Trinajstić information content (AvgIpc) is 2.78. The zero-order valence-electron chi connectivity index (χ0n) is 9.61. The van der Waals surface area contributed by atoms with Gasteiger partial charge in [-0.1, -0.05) is 18.5 Å². The van der Waals surface area contributed by atoms with E-state index < -0.39 is 5.82 Å². The lowest BCUT2D eigenvalue weighted by atomic mass is 10.2. The van der Waals surface area contributed by atoms with Crippen molar-refractivity contribution in [2.24, 2.45) is 0 Å². The van der Waals surface area contributed by atoms with Crippen LogP contribution in [0.25, 0.3) is 11.5 Å². The molecule has 2 rings (SSSR count). The highest BCUT2D eigenvalue weighted by atomic mass is 19.1. The highest BCUT2D eigenvalue weighted by molar-refractivity contribution is 5.60. The van der Waals surface area contributed by atoms with Crippen LogP contribution in [0, 0.1) is 5.82 Å². The number of nitrogens with two attached hydrogens (primary N) is 1. The highest BCUT2D eigenvalue weighted by Gasteiger charge is 2.13. The smallest absolute Gasteiger partial charge is 0.260 e. The molecule has 0 aliphatic heterocycles. The van der Waals surface area contributed by atoms with Crippen molar-refractivity contribution in [2.75, 3.05) is 5.73 Å². The van der Waals surface area contributed by atoms with E-state index in [4.69, 9.17) is 10.3 Å². The van der Waals surface area contributed by atoms with Gasteiger partial charge in [0.1, 0.15) is 5.82 Å². The summed E-state index contributed by atoms with van der Waals surface area (Å²) in [6, 6.07) is 4.28. The van der Waals surface area contributed by atoms with Gasteiger partial charge in [0.25, 0.3) is 5.89 Å². The Labute approximate surface area is 98.6 Å². The minimum atomic E-state index is -0.412. The monoisotopic (exact) mass is 235 g/mol. The SMILES string of the molecule is CCCCc1noc(-c2cc(N)ccc2F)n1. The topological polar surface area (TPSA) is 64.9 Å². The molecule has 0 aliphatic rings. The molecule has 1 aromatic carbocycles.